The van der Waals surface area contributed by atoms with E-state index in [0.29, 0.717) is 11.3 Å². The van der Waals surface area contributed by atoms with Crippen molar-refractivity contribution < 1.29 is 9.66 Å². The molecule has 25 heavy (non-hydrogen) atoms. The third-order valence-corrected chi connectivity index (χ3v) is 3.97. The van der Waals surface area contributed by atoms with Gasteiger partial charge in [0.05, 0.1) is 4.92 Å². The number of hydrogen-bond donors (Lipinski definition) is 1. The number of anilines is 1. The van der Waals surface area contributed by atoms with Crippen LogP contribution in [0.1, 0.15) is 13.8 Å². The van der Waals surface area contributed by atoms with Gasteiger partial charge in [-0.1, -0.05) is 22.0 Å². The number of aromatic nitrogens is 3. The highest BCUT2D eigenvalue weighted by atomic mass is 79.9. The van der Waals surface area contributed by atoms with Crippen LogP contribution in [-0.4, -0.2) is 25.9 Å². The maximum atomic E-state index is 11.5. The highest BCUT2D eigenvalue weighted by Gasteiger charge is 2.26. The van der Waals surface area contributed by atoms with E-state index >= 15 is 0 Å². The molecule has 1 aromatic carbocycles. The molecule has 3 aromatic rings. The Hall–Kier alpha value is -2.81. The van der Waals surface area contributed by atoms with E-state index in [-0.39, 0.29) is 23.4 Å². The first-order valence-electron chi connectivity index (χ1n) is 7.44. The molecule has 1 N–H and O–H groups in total. The van der Waals surface area contributed by atoms with Crippen molar-refractivity contribution in [2.75, 3.05) is 5.32 Å². The molecule has 8 nitrogen and oxygen atoms in total. The van der Waals surface area contributed by atoms with Crippen molar-refractivity contribution in [1.29, 1.82) is 0 Å². The summed E-state index contributed by atoms with van der Waals surface area (Å²) in [5, 5.41) is 15.3. The SMILES string of the molecule is CC(C)Nc1ncnc(Oc2ccc(Br)c3cccnc23)c1[N+](=O)[O-]. The lowest BCUT2D eigenvalue weighted by molar-refractivity contribution is -0.385. The van der Waals surface area contributed by atoms with Gasteiger partial charge in [0.25, 0.3) is 0 Å². The van der Waals surface area contributed by atoms with Crippen LogP contribution in [0.25, 0.3) is 10.9 Å². The molecule has 0 unspecified atom stereocenters. The van der Waals surface area contributed by atoms with E-state index in [1.54, 1.807) is 24.4 Å². The fourth-order valence-electron chi connectivity index (χ4n) is 2.28. The van der Waals surface area contributed by atoms with Crippen LogP contribution >= 0.6 is 15.9 Å². The second kappa shape index (κ2) is 6.98. The number of nitro groups is 1. The monoisotopic (exact) mass is 403 g/mol. The molecule has 2 aromatic heterocycles. The summed E-state index contributed by atoms with van der Waals surface area (Å²) in [4.78, 5) is 23.1. The standard InChI is InChI=1S/C16H14BrN5O3/c1-9(2)21-15-14(22(23)24)16(20-8-19-15)25-12-6-5-11(17)10-4-3-7-18-13(10)12/h3-9H,1-2H3,(H,19,20,21). The van der Waals surface area contributed by atoms with Crippen LogP contribution in [0.4, 0.5) is 11.5 Å². The zero-order chi connectivity index (χ0) is 18.0. The molecule has 0 aliphatic carbocycles. The summed E-state index contributed by atoms with van der Waals surface area (Å²) in [6, 6.07) is 7.12. The molecule has 2 heterocycles. The maximum absolute atomic E-state index is 11.5. The number of rotatable bonds is 5. The first kappa shape index (κ1) is 17.0. The molecule has 0 spiro atoms. The number of halogens is 1. The van der Waals surface area contributed by atoms with Gasteiger partial charge in [-0.25, -0.2) is 4.98 Å². The van der Waals surface area contributed by atoms with Crippen LogP contribution in [0.3, 0.4) is 0 Å². The Morgan fingerprint density at radius 3 is 2.76 bits per heavy atom. The van der Waals surface area contributed by atoms with Crippen molar-refractivity contribution in [2.45, 2.75) is 19.9 Å². The lowest BCUT2D eigenvalue weighted by Crippen LogP contribution is -2.13. The number of nitrogens with zero attached hydrogens (tertiary/aromatic N) is 4. The molecular weight excluding hydrogens is 390 g/mol. The summed E-state index contributed by atoms with van der Waals surface area (Å²) in [6.07, 6.45) is 2.85. The number of fused-ring (bicyclic) bond motifs is 1. The Balaban J connectivity index is 2.10. The van der Waals surface area contributed by atoms with Crippen LogP contribution < -0.4 is 10.1 Å². The number of benzene rings is 1. The summed E-state index contributed by atoms with van der Waals surface area (Å²) >= 11 is 3.45. The number of nitrogens with one attached hydrogen (secondary N) is 1. The number of ether oxygens (including phenoxy) is 1. The van der Waals surface area contributed by atoms with E-state index in [1.807, 2.05) is 19.9 Å². The second-order valence-electron chi connectivity index (χ2n) is 5.48. The quantitative estimate of drug-likeness (QED) is 0.499. The Kier molecular flexibility index (Phi) is 4.75. The molecule has 0 saturated heterocycles. The van der Waals surface area contributed by atoms with E-state index in [9.17, 15) is 10.1 Å². The first-order chi connectivity index (χ1) is 12.0. The van der Waals surface area contributed by atoms with Gasteiger partial charge in [-0.3, -0.25) is 15.1 Å². The normalized spacial score (nSPS) is 10.9. The van der Waals surface area contributed by atoms with Gasteiger partial charge in [-0.05, 0) is 32.0 Å². The fraction of sp³-hybridized carbons (Fsp3) is 0.188. The van der Waals surface area contributed by atoms with Gasteiger partial charge in [0.15, 0.2) is 5.75 Å². The third-order valence-electron chi connectivity index (χ3n) is 3.28. The minimum absolute atomic E-state index is 0.0309. The topological polar surface area (TPSA) is 103 Å². The molecule has 0 aliphatic heterocycles. The molecule has 0 radical (unpaired) electrons. The molecule has 0 saturated carbocycles. The van der Waals surface area contributed by atoms with Crippen molar-refractivity contribution in [3.8, 4) is 11.6 Å². The summed E-state index contributed by atoms with van der Waals surface area (Å²) < 4.78 is 6.59. The first-order valence-corrected chi connectivity index (χ1v) is 8.23. The predicted octanol–water partition coefficient (Wildman–Crippen LogP) is 4.31. The number of pyridine rings is 1. The predicted molar refractivity (Wildman–Crippen MR) is 97.0 cm³/mol. The summed E-state index contributed by atoms with van der Waals surface area (Å²) in [7, 11) is 0. The highest BCUT2D eigenvalue weighted by molar-refractivity contribution is 9.10. The van der Waals surface area contributed by atoms with Gasteiger partial charge in [-0.15, -0.1) is 0 Å². The van der Waals surface area contributed by atoms with E-state index < -0.39 is 4.92 Å². The Bertz CT molecular complexity index is 948. The molecule has 0 atom stereocenters. The molecule has 3 rings (SSSR count). The van der Waals surface area contributed by atoms with E-state index in [0.717, 1.165) is 9.86 Å². The second-order valence-corrected chi connectivity index (χ2v) is 6.33. The zero-order valence-corrected chi connectivity index (χ0v) is 15.0. The minimum Gasteiger partial charge on any atom is -0.431 e. The van der Waals surface area contributed by atoms with Crippen LogP contribution in [0, 0.1) is 10.1 Å². The molecule has 9 heteroatoms. The van der Waals surface area contributed by atoms with Crippen LogP contribution in [0.2, 0.25) is 0 Å². The average Bonchev–Trinajstić information content (AvgIpc) is 2.57. The smallest absolute Gasteiger partial charge is 0.373 e. The number of hydrogen-bond acceptors (Lipinski definition) is 7. The molecule has 0 aliphatic rings. The Labute approximate surface area is 151 Å². The van der Waals surface area contributed by atoms with Gasteiger partial charge in [0, 0.05) is 22.1 Å². The Morgan fingerprint density at radius 1 is 1.24 bits per heavy atom. The molecule has 0 amide bonds. The summed E-state index contributed by atoms with van der Waals surface area (Å²) in [5.74, 6) is 0.341. The van der Waals surface area contributed by atoms with Gasteiger partial charge < -0.3 is 10.1 Å². The fourth-order valence-corrected chi connectivity index (χ4v) is 2.73. The third kappa shape index (κ3) is 3.50. The van der Waals surface area contributed by atoms with Gasteiger partial charge in [0.1, 0.15) is 11.8 Å². The van der Waals surface area contributed by atoms with Crippen molar-refractivity contribution in [1.82, 2.24) is 15.0 Å². The summed E-state index contributed by atoms with van der Waals surface area (Å²) in [5.41, 5.74) is 0.256. The molecule has 0 bridgehead atoms. The van der Waals surface area contributed by atoms with Crippen molar-refractivity contribution in [2.24, 2.45) is 0 Å². The van der Waals surface area contributed by atoms with Crippen molar-refractivity contribution in [3.05, 3.63) is 51.4 Å². The summed E-state index contributed by atoms with van der Waals surface area (Å²) in [6.45, 7) is 3.72. The van der Waals surface area contributed by atoms with E-state index in [2.05, 4.69) is 36.2 Å². The van der Waals surface area contributed by atoms with Gasteiger partial charge in [0.2, 0.25) is 5.82 Å². The molecule has 0 fully saturated rings. The molecular formula is C16H14BrN5O3. The van der Waals surface area contributed by atoms with Gasteiger partial charge in [-0.2, -0.15) is 4.98 Å². The van der Waals surface area contributed by atoms with E-state index in [1.165, 1.54) is 6.33 Å². The van der Waals surface area contributed by atoms with Crippen LogP contribution in [0.5, 0.6) is 11.6 Å². The van der Waals surface area contributed by atoms with Crippen LogP contribution in [-0.2, 0) is 0 Å². The lowest BCUT2D eigenvalue weighted by atomic mass is 10.2. The highest BCUT2D eigenvalue weighted by Crippen LogP contribution is 2.37. The van der Waals surface area contributed by atoms with Crippen molar-refractivity contribution >= 4 is 38.3 Å². The van der Waals surface area contributed by atoms with Gasteiger partial charge >= 0.3 is 11.6 Å². The molecule has 128 valence electrons. The zero-order valence-electron chi connectivity index (χ0n) is 13.4. The maximum Gasteiger partial charge on any atom is 0.373 e. The Morgan fingerprint density at radius 2 is 2.04 bits per heavy atom. The minimum atomic E-state index is -0.561. The van der Waals surface area contributed by atoms with E-state index in [4.69, 9.17) is 4.74 Å². The lowest BCUT2D eigenvalue weighted by Gasteiger charge is -2.12. The van der Waals surface area contributed by atoms with Crippen LogP contribution in [0.15, 0.2) is 41.3 Å². The average molecular weight is 404 g/mol. The largest absolute Gasteiger partial charge is 0.431 e. The van der Waals surface area contributed by atoms with Crippen molar-refractivity contribution in [3.63, 3.8) is 0 Å².